The summed E-state index contributed by atoms with van der Waals surface area (Å²) < 4.78 is 38.1. The average molecular weight is 424 g/mol. The summed E-state index contributed by atoms with van der Waals surface area (Å²) in [4.78, 5) is 26.8. The zero-order chi connectivity index (χ0) is 20.8. The van der Waals surface area contributed by atoms with Crippen molar-refractivity contribution in [2.45, 2.75) is 24.7 Å². The van der Waals surface area contributed by atoms with Crippen LogP contribution in [0.5, 0.6) is 0 Å². The van der Waals surface area contributed by atoms with Crippen LogP contribution in [-0.2, 0) is 6.18 Å². The first-order valence-electron chi connectivity index (χ1n) is 9.04. The second-order valence-corrected chi connectivity index (χ2v) is 7.60. The number of carbonyl (C=O) groups is 2. The minimum atomic E-state index is -4.44. The third-order valence-electron chi connectivity index (χ3n) is 5.33. The Morgan fingerprint density at radius 1 is 1.03 bits per heavy atom. The summed E-state index contributed by atoms with van der Waals surface area (Å²) in [5.74, 6) is -0.606. The molecule has 0 aliphatic carbocycles. The molecule has 29 heavy (non-hydrogen) atoms. The summed E-state index contributed by atoms with van der Waals surface area (Å²) in [6, 6.07) is 9.36. The maximum atomic E-state index is 12.7. The van der Waals surface area contributed by atoms with Crippen molar-refractivity contribution in [3.05, 3.63) is 64.2 Å². The van der Waals surface area contributed by atoms with E-state index < -0.39 is 17.4 Å². The molecule has 0 radical (unpaired) electrons. The summed E-state index contributed by atoms with van der Waals surface area (Å²) in [5.41, 5.74) is -0.247. The highest BCUT2D eigenvalue weighted by Crippen LogP contribution is 2.35. The fourth-order valence-corrected chi connectivity index (χ4v) is 4.01. The van der Waals surface area contributed by atoms with Crippen molar-refractivity contribution < 1.29 is 22.8 Å². The van der Waals surface area contributed by atoms with Crippen molar-refractivity contribution in [2.24, 2.45) is 0 Å². The van der Waals surface area contributed by atoms with E-state index in [0.29, 0.717) is 42.2 Å². The highest BCUT2D eigenvalue weighted by Gasteiger charge is 2.41. The minimum absolute atomic E-state index is 0.201. The van der Waals surface area contributed by atoms with Crippen molar-refractivity contribution in [3.63, 3.8) is 0 Å². The molecule has 1 fully saturated rings. The first kappa shape index (κ1) is 19.6. The number of hydrogen-bond acceptors (Lipinski definition) is 3. The van der Waals surface area contributed by atoms with Crippen molar-refractivity contribution in [1.29, 1.82) is 0 Å². The Balaban J connectivity index is 1.46. The van der Waals surface area contributed by atoms with Crippen LogP contribution < -0.4 is 10.6 Å². The highest BCUT2D eigenvalue weighted by atomic mass is 35.5. The molecule has 9 heteroatoms. The van der Waals surface area contributed by atoms with E-state index in [0.717, 1.165) is 12.1 Å². The molecule has 0 aromatic heterocycles. The molecule has 0 bridgehead atoms. The second kappa shape index (κ2) is 6.95. The number of halogens is 4. The number of rotatable bonds is 1. The van der Waals surface area contributed by atoms with E-state index in [1.807, 2.05) is 0 Å². The maximum absolute atomic E-state index is 12.7. The molecule has 0 unspecified atom stereocenters. The predicted molar refractivity (Wildman–Crippen MR) is 102 cm³/mol. The van der Waals surface area contributed by atoms with Gasteiger partial charge in [-0.2, -0.15) is 13.2 Å². The molecule has 152 valence electrons. The van der Waals surface area contributed by atoms with E-state index in [2.05, 4.69) is 10.6 Å². The molecule has 2 aromatic rings. The van der Waals surface area contributed by atoms with E-state index in [1.54, 1.807) is 23.1 Å². The molecule has 2 aromatic carbocycles. The summed E-state index contributed by atoms with van der Waals surface area (Å²) in [6.45, 7) is 0.700. The van der Waals surface area contributed by atoms with Crippen LogP contribution in [0.1, 0.15) is 39.1 Å². The van der Waals surface area contributed by atoms with Gasteiger partial charge in [0.05, 0.1) is 21.8 Å². The lowest BCUT2D eigenvalue weighted by Gasteiger charge is -2.46. The van der Waals surface area contributed by atoms with Gasteiger partial charge in [-0.15, -0.1) is 0 Å². The van der Waals surface area contributed by atoms with Gasteiger partial charge < -0.3 is 15.5 Å². The van der Waals surface area contributed by atoms with Crippen LogP contribution in [0.15, 0.2) is 42.5 Å². The molecule has 2 aliphatic rings. The molecule has 5 nitrogen and oxygen atoms in total. The van der Waals surface area contributed by atoms with Gasteiger partial charge in [-0.3, -0.25) is 9.59 Å². The third-order valence-corrected chi connectivity index (χ3v) is 5.65. The Labute approximate surface area is 169 Å². The molecule has 1 spiro atoms. The number of nitrogens with zero attached hydrogens (tertiary/aromatic N) is 1. The molecule has 2 N–H and O–H groups in total. The van der Waals surface area contributed by atoms with Gasteiger partial charge in [-0.25, -0.2) is 0 Å². The fraction of sp³-hybridized carbons (Fsp3) is 0.300. The lowest BCUT2D eigenvalue weighted by molar-refractivity contribution is -0.137. The number of anilines is 1. The van der Waals surface area contributed by atoms with Gasteiger partial charge in [0.25, 0.3) is 11.8 Å². The van der Waals surface area contributed by atoms with E-state index >= 15 is 0 Å². The number of piperidine rings is 1. The average Bonchev–Trinajstić information content (AvgIpc) is 2.67. The number of likely N-dealkylation sites (tertiary alicyclic amines) is 1. The van der Waals surface area contributed by atoms with Gasteiger partial charge >= 0.3 is 6.18 Å². The van der Waals surface area contributed by atoms with Gasteiger partial charge in [0.2, 0.25) is 0 Å². The lowest BCUT2D eigenvalue weighted by atomic mass is 9.92. The normalized spacial score (nSPS) is 18.1. The van der Waals surface area contributed by atoms with Gasteiger partial charge in [0.15, 0.2) is 0 Å². The van der Waals surface area contributed by atoms with Crippen LogP contribution in [0.25, 0.3) is 0 Å². The first-order chi connectivity index (χ1) is 13.7. The number of carbonyl (C=O) groups excluding carboxylic acids is 2. The quantitative estimate of drug-likeness (QED) is 0.724. The molecular formula is C20H17ClF3N3O2. The summed E-state index contributed by atoms with van der Waals surface area (Å²) in [7, 11) is 0. The van der Waals surface area contributed by atoms with Gasteiger partial charge in [0.1, 0.15) is 5.66 Å². The number of alkyl halides is 3. The fourth-order valence-electron chi connectivity index (χ4n) is 3.75. The summed E-state index contributed by atoms with van der Waals surface area (Å²) in [5, 5.41) is 6.64. The van der Waals surface area contributed by atoms with E-state index in [4.69, 9.17) is 11.6 Å². The number of nitrogens with one attached hydrogen (secondary N) is 2. The van der Waals surface area contributed by atoms with Gasteiger partial charge in [-0.1, -0.05) is 17.7 Å². The molecular weight excluding hydrogens is 407 g/mol. The Kier molecular flexibility index (Phi) is 4.69. The van der Waals surface area contributed by atoms with Crippen molar-refractivity contribution >= 4 is 29.1 Å². The standard InChI is InChI=1S/C20H17ClF3N3O2/c21-14-2-1-3-15-16(14)17(28)26-19(25-15)8-10-27(11-9-19)18(29)12-4-6-13(7-5-12)20(22,23)24/h1-7,25H,8-11H2,(H,26,28). The van der Waals surface area contributed by atoms with Crippen molar-refractivity contribution in [1.82, 2.24) is 10.2 Å². The Hall–Kier alpha value is -2.74. The molecule has 0 saturated carbocycles. The molecule has 2 heterocycles. The number of fused-ring (bicyclic) bond motifs is 1. The topological polar surface area (TPSA) is 61.4 Å². The summed E-state index contributed by atoms with van der Waals surface area (Å²) >= 11 is 6.11. The smallest absolute Gasteiger partial charge is 0.362 e. The Morgan fingerprint density at radius 2 is 1.69 bits per heavy atom. The van der Waals surface area contributed by atoms with Crippen LogP contribution in [0.3, 0.4) is 0 Å². The molecule has 1 saturated heterocycles. The van der Waals surface area contributed by atoms with Crippen molar-refractivity contribution in [3.8, 4) is 0 Å². The Bertz CT molecular complexity index is 968. The van der Waals surface area contributed by atoms with Crippen LogP contribution in [0.2, 0.25) is 5.02 Å². The molecule has 2 aliphatic heterocycles. The zero-order valence-electron chi connectivity index (χ0n) is 15.1. The van der Waals surface area contributed by atoms with E-state index in [1.165, 1.54) is 12.1 Å². The van der Waals surface area contributed by atoms with E-state index in [9.17, 15) is 22.8 Å². The Morgan fingerprint density at radius 3 is 2.31 bits per heavy atom. The first-order valence-corrected chi connectivity index (χ1v) is 9.42. The SMILES string of the molecule is O=C1NC2(CCN(C(=O)c3ccc(C(F)(F)F)cc3)CC2)Nc2cccc(Cl)c21. The second-order valence-electron chi connectivity index (χ2n) is 7.19. The molecule has 2 amide bonds. The third kappa shape index (κ3) is 3.64. The lowest BCUT2D eigenvalue weighted by Crippen LogP contribution is -2.62. The molecule has 0 atom stereocenters. The largest absolute Gasteiger partial charge is 0.416 e. The monoisotopic (exact) mass is 423 g/mol. The zero-order valence-corrected chi connectivity index (χ0v) is 15.9. The van der Waals surface area contributed by atoms with Crippen LogP contribution in [0, 0.1) is 0 Å². The predicted octanol–water partition coefficient (Wildman–Crippen LogP) is 4.15. The van der Waals surface area contributed by atoms with Gasteiger partial charge in [-0.05, 0) is 36.4 Å². The highest BCUT2D eigenvalue weighted by molar-refractivity contribution is 6.34. The number of hydrogen-bond donors (Lipinski definition) is 2. The number of benzene rings is 2. The van der Waals surface area contributed by atoms with E-state index in [-0.39, 0.29) is 17.4 Å². The minimum Gasteiger partial charge on any atom is -0.362 e. The molecule has 4 rings (SSSR count). The maximum Gasteiger partial charge on any atom is 0.416 e. The van der Waals surface area contributed by atoms with Crippen LogP contribution in [-0.4, -0.2) is 35.5 Å². The summed E-state index contributed by atoms with van der Waals surface area (Å²) in [6.07, 6.45) is -3.53. The number of amides is 2. The van der Waals surface area contributed by atoms with Crippen molar-refractivity contribution in [2.75, 3.05) is 18.4 Å². The van der Waals surface area contributed by atoms with Crippen LogP contribution >= 0.6 is 11.6 Å². The van der Waals surface area contributed by atoms with Crippen LogP contribution in [0.4, 0.5) is 18.9 Å². The van der Waals surface area contributed by atoms with Gasteiger partial charge in [0, 0.05) is 31.5 Å².